The molecule has 5 rings (SSSR count). The summed E-state index contributed by atoms with van der Waals surface area (Å²) < 4.78 is 12.3. The van der Waals surface area contributed by atoms with Gasteiger partial charge in [-0.2, -0.15) is 0 Å². The Labute approximate surface area is 194 Å². The zero-order valence-corrected chi connectivity index (χ0v) is 21.3. The van der Waals surface area contributed by atoms with Crippen LogP contribution < -0.4 is 15.6 Å². The van der Waals surface area contributed by atoms with Crippen molar-refractivity contribution in [2.45, 2.75) is 57.9 Å². The molecule has 0 aliphatic carbocycles. The van der Waals surface area contributed by atoms with Crippen molar-refractivity contribution in [3.8, 4) is 0 Å². The Morgan fingerprint density at radius 2 is 2.06 bits per heavy atom. The third kappa shape index (κ3) is 3.88. The number of anilines is 1. The minimum atomic E-state index is -1.67. The van der Waals surface area contributed by atoms with Gasteiger partial charge in [0, 0.05) is 23.9 Å². The second-order valence-electron chi connectivity index (χ2n) is 10.6. The number of ether oxygens (including phenoxy) is 1. The highest BCUT2D eigenvalue weighted by Gasteiger charge is 2.36. The first-order chi connectivity index (χ1) is 15.1. The van der Waals surface area contributed by atoms with E-state index in [4.69, 9.17) is 14.1 Å². The monoisotopic (exact) mass is 469 g/mol. The van der Waals surface area contributed by atoms with Gasteiger partial charge >= 0.3 is 0 Å². The number of nitrogens with zero attached hydrogens (tertiary/aromatic N) is 2. The van der Waals surface area contributed by atoms with E-state index in [1.54, 1.807) is 0 Å². The van der Waals surface area contributed by atoms with Gasteiger partial charge in [0.1, 0.15) is 18.5 Å². The van der Waals surface area contributed by atoms with E-state index < -0.39 is 8.07 Å². The lowest BCUT2D eigenvalue weighted by Gasteiger charge is -2.36. The molecule has 1 aromatic carbocycles. The van der Waals surface area contributed by atoms with E-state index >= 15 is 0 Å². The molecule has 0 radical (unpaired) electrons. The Bertz CT molecular complexity index is 1180. The molecule has 2 aromatic heterocycles. The number of amides is 1. The van der Waals surface area contributed by atoms with Gasteiger partial charge in [-0.1, -0.05) is 49.2 Å². The number of hydrogen-bond acceptors (Lipinski definition) is 6. The number of furan rings is 1. The van der Waals surface area contributed by atoms with E-state index in [1.165, 1.54) is 27.7 Å². The number of fused-ring (bicyclic) bond motifs is 2. The third-order valence-electron chi connectivity index (χ3n) is 6.25. The number of aromatic nitrogens is 1. The van der Waals surface area contributed by atoms with E-state index in [9.17, 15) is 4.79 Å². The zero-order valence-electron chi connectivity index (χ0n) is 19.4. The van der Waals surface area contributed by atoms with Crippen molar-refractivity contribution in [2.24, 2.45) is 0 Å². The largest absolute Gasteiger partial charge is 0.466 e. The van der Waals surface area contributed by atoms with E-state index in [0.29, 0.717) is 13.2 Å². The quantitative estimate of drug-likeness (QED) is 0.586. The summed E-state index contributed by atoms with van der Waals surface area (Å²) >= 11 is 1.51. The smallest absolute Gasteiger partial charge is 0.263 e. The molecule has 0 unspecified atom stereocenters. The number of hydrogen-bond donors (Lipinski definition) is 1. The van der Waals surface area contributed by atoms with Gasteiger partial charge in [-0.15, -0.1) is 0 Å². The average Bonchev–Trinajstić information content (AvgIpc) is 3.29. The van der Waals surface area contributed by atoms with Crippen LogP contribution in [0.25, 0.3) is 11.0 Å². The predicted molar refractivity (Wildman–Crippen MR) is 132 cm³/mol. The minimum absolute atomic E-state index is 0.00773. The third-order valence-corrected chi connectivity index (χ3v) is 9.15. The Balaban J connectivity index is 1.51. The summed E-state index contributed by atoms with van der Waals surface area (Å²) in [5.41, 5.74) is 2.93. The maximum absolute atomic E-state index is 12.6. The van der Waals surface area contributed by atoms with Gasteiger partial charge in [0.15, 0.2) is 5.13 Å². The fourth-order valence-corrected chi connectivity index (χ4v) is 7.44. The van der Waals surface area contributed by atoms with Gasteiger partial charge in [0.2, 0.25) is 0 Å². The number of benzene rings is 1. The van der Waals surface area contributed by atoms with Crippen molar-refractivity contribution in [3.63, 3.8) is 0 Å². The van der Waals surface area contributed by atoms with Crippen molar-refractivity contribution in [1.29, 1.82) is 0 Å². The number of rotatable bonds is 4. The first kappa shape index (κ1) is 21.7. The Kier molecular flexibility index (Phi) is 5.22. The van der Waals surface area contributed by atoms with Gasteiger partial charge in [-0.25, -0.2) is 4.98 Å². The van der Waals surface area contributed by atoms with Crippen LogP contribution in [0.3, 0.4) is 0 Å². The summed E-state index contributed by atoms with van der Waals surface area (Å²) in [7, 11) is -1.67. The van der Waals surface area contributed by atoms with Gasteiger partial charge in [0.25, 0.3) is 5.91 Å². The van der Waals surface area contributed by atoms with Crippen molar-refractivity contribution in [1.82, 2.24) is 10.3 Å². The Hall–Kier alpha value is -2.16. The number of para-hydroxylation sites is 1. The van der Waals surface area contributed by atoms with E-state index in [0.717, 1.165) is 40.7 Å². The van der Waals surface area contributed by atoms with Gasteiger partial charge in [-0.3, -0.25) is 4.79 Å². The summed E-state index contributed by atoms with van der Waals surface area (Å²) in [5.74, 6) is -0.00773. The van der Waals surface area contributed by atoms with Crippen LogP contribution in [0.15, 0.2) is 28.7 Å². The summed E-state index contributed by atoms with van der Waals surface area (Å²) in [6.07, 6.45) is 1.60. The van der Waals surface area contributed by atoms with Crippen LogP contribution in [0.5, 0.6) is 0 Å². The molecular formula is C24H31N3O3SSi. The summed E-state index contributed by atoms with van der Waals surface area (Å²) in [6, 6.07) is 8.50. The fraction of sp³-hybridized carbons (Fsp3) is 0.500. The van der Waals surface area contributed by atoms with Crippen LogP contribution in [-0.2, 0) is 17.6 Å². The lowest BCUT2D eigenvalue weighted by Crippen LogP contribution is -2.49. The van der Waals surface area contributed by atoms with Gasteiger partial charge in [0.05, 0.1) is 30.3 Å². The molecule has 32 heavy (non-hydrogen) atoms. The maximum Gasteiger partial charge on any atom is 0.263 e. The first-order valence-electron chi connectivity index (χ1n) is 11.3. The fourth-order valence-electron chi connectivity index (χ4n) is 4.80. The lowest BCUT2D eigenvalue weighted by molar-refractivity contribution is 0.0900. The molecule has 1 saturated heterocycles. The molecule has 2 aliphatic rings. The molecule has 0 spiro atoms. The average molecular weight is 470 g/mol. The van der Waals surface area contributed by atoms with Crippen LogP contribution in [-0.4, -0.2) is 50.3 Å². The number of carbonyl (C=O) groups is 1. The predicted octanol–water partition coefficient (Wildman–Crippen LogP) is 3.95. The summed E-state index contributed by atoms with van der Waals surface area (Å²) in [6.45, 7) is 13.2. The van der Waals surface area contributed by atoms with Crippen LogP contribution in [0, 0.1) is 0 Å². The van der Waals surface area contributed by atoms with Crippen LogP contribution in [0.2, 0.25) is 19.6 Å². The van der Waals surface area contributed by atoms with Crippen molar-refractivity contribution < 1.29 is 13.9 Å². The maximum atomic E-state index is 12.6. The molecule has 0 bridgehead atoms. The molecule has 1 N–H and O–H groups in total. The van der Waals surface area contributed by atoms with Crippen LogP contribution in [0.4, 0.5) is 5.13 Å². The number of nitrogens with one attached hydrogen (secondary N) is 1. The van der Waals surface area contributed by atoms with Crippen LogP contribution >= 0.6 is 11.3 Å². The standard InChI is InChI=1S/C24H31N3O3SSi/c1-24(2)13-18-20(21(28)26-24)31-23(25-18)27-10-11-29-14-15(27)12-17-16-8-6-7-9-19(16)30-22(17)32(3,4)5/h6-9,15H,10-14H2,1-5H3,(H,26,28)/t15-/m0/s1. The molecule has 1 fully saturated rings. The topological polar surface area (TPSA) is 67.6 Å². The zero-order chi connectivity index (χ0) is 22.7. The summed E-state index contributed by atoms with van der Waals surface area (Å²) in [4.78, 5) is 20.7. The second-order valence-corrected chi connectivity index (χ2v) is 16.5. The molecule has 4 heterocycles. The Morgan fingerprint density at radius 1 is 1.28 bits per heavy atom. The molecule has 6 nitrogen and oxygen atoms in total. The van der Waals surface area contributed by atoms with Gasteiger partial charge < -0.3 is 19.4 Å². The molecule has 8 heteroatoms. The van der Waals surface area contributed by atoms with Crippen molar-refractivity contribution >= 4 is 46.8 Å². The van der Waals surface area contributed by atoms with Crippen molar-refractivity contribution in [3.05, 3.63) is 40.4 Å². The molecule has 0 saturated carbocycles. The molecular weight excluding hydrogens is 438 g/mol. The second kappa shape index (κ2) is 7.71. The number of carbonyl (C=O) groups excluding carboxylic acids is 1. The lowest BCUT2D eigenvalue weighted by atomic mass is 9.94. The Morgan fingerprint density at radius 3 is 2.84 bits per heavy atom. The van der Waals surface area contributed by atoms with E-state index in [2.05, 4.69) is 48.1 Å². The highest BCUT2D eigenvalue weighted by molar-refractivity contribution is 7.17. The highest BCUT2D eigenvalue weighted by Crippen LogP contribution is 2.34. The first-order valence-corrected chi connectivity index (χ1v) is 15.6. The molecule has 170 valence electrons. The highest BCUT2D eigenvalue weighted by atomic mass is 32.1. The van der Waals surface area contributed by atoms with E-state index in [-0.39, 0.29) is 17.5 Å². The molecule has 1 amide bonds. The van der Waals surface area contributed by atoms with Crippen LogP contribution in [0.1, 0.15) is 34.8 Å². The number of thiazole rings is 1. The summed E-state index contributed by atoms with van der Waals surface area (Å²) in [5, 5.41) is 6.40. The molecule has 1 atom stereocenters. The SMILES string of the molecule is CC1(C)Cc2nc(N3CCOC[C@@H]3Cc3c([Si](C)(C)C)oc4ccccc34)sc2C(=O)N1. The van der Waals surface area contributed by atoms with Crippen molar-refractivity contribution in [2.75, 3.05) is 24.7 Å². The molecule has 3 aromatic rings. The van der Waals surface area contributed by atoms with E-state index in [1.807, 2.05) is 19.9 Å². The normalized spacial score (nSPS) is 21.0. The number of morpholine rings is 1. The van der Waals surface area contributed by atoms with Gasteiger partial charge in [-0.05, 0) is 31.9 Å². The molecule has 2 aliphatic heterocycles. The minimum Gasteiger partial charge on any atom is -0.466 e.